The Morgan fingerprint density at radius 2 is 1.68 bits per heavy atom. The number of benzene rings is 4. The van der Waals surface area contributed by atoms with Crippen LogP contribution >= 0.6 is 11.6 Å². The molecule has 1 aliphatic carbocycles. The molecule has 1 N–H and O–H groups in total. The lowest BCUT2D eigenvalue weighted by Gasteiger charge is -2.37. The van der Waals surface area contributed by atoms with Gasteiger partial charge in [0.2, 0.25) is 0 Å². The first-order valence-corrected chi connectivity index (χ1v) is 15.0. The van der Waals surface area contributed by atoms with Gasteiger partial charge in [-0.05, 0) is 111 Å². The molecule has 7 nitrogen and oxygen atoms in total. The van der Waals surface area contributed by atoms with Gasteiger partial charge in [0.1, 0.15) is 28.6 Å². The second-order valence-electron chi connectivity index (χ2n) is 11.9. The van der Waals surface area contributed by atoms with Gasteiger partial charge in [-0.15, -0.1) is 0 Å². The number of hydrogen-bond donors (Lipinski definition) is 1. The van der Waals surface area contributed by atoms with E-state index in [-0.39, 0.29) is 12.6 Å². The highest BCUT2D eigenvalue weighted by molar-refractivity contribution is 6.30. The molecule has 0 saturated carbocycles. The number of amides is 1. The van der Waals surface area contributed by atoms with Gasteiger partial charge in [-0.1, -0.05) is 48.0 Å². The van der Waals surface area contributed by atoms with Gasteiger partial charge >= 0.3 is 6.09 Å². The number of aryl methyl sites for hydroxylation is 1. The third kappa shape index (κ3) is 7.98. The van der Waals surface area contributed by atoms with Crippen LogP contribution in [0.2, 0.25) is 5.02 Å². The van der Waals surface area contributed by atoms with Crippen molar-refractivity contribution in [1.82, 2.24) is 4.90 Å². The van der Waals surface area contributed by atoms with Crippen LogP contribution in [0.5, 0.6) is 23.0 Å². The van der Waals surface area contributed by atoms with Crippen LogP contribution in [-0.2, 0) is 17.6 Å². The van der Waals surface area contributed by atoms with Crippen LogP contribution in [0.3, 0.4) is 0 Å². The molecule has 0 aromatic heterocycles. The number of rotatable bonds is 9. The normalized spacial score (nSPS) is 15.1. The lowest BCUT2D eigenvalue weighted by Crippen LogP contribution is -2.47. The summed E-state index contributed by atoms with van der Waals surface area (Å²) in [7, 11) is 0. The number of hydrogen-bond acceptors (Lipinski definition) is 6. The highest BCUT2D eigenvalue weighted by atomic mass is 35.5. The molecule has 0 radical (unpaired) electrons. The fourth-order valence-electron chi connectivity index (χ4n) is 5.27. The molecule has 0 heterocycles. The second-order valence-corrected chi connectivity index (χ2v) is 12.3. The van der Waals surface area contributed by atoms with E-state index in [2.05, 4.69) is 0 Å². The van der Waals surface area contributed by atoms with Crippen LogP contribution < -0.4 is 9.47 Å². The minimum absolute atomic E-state index is 0.0668. The van der Waals surface area contributed by atoms with E-state index >= 15 is 0 Å². The highest BCUT2D eigenvalue weighted by Crippen LogP contribution is 2.34. The molecule has 4 aromatic rings. The first kappa shape index (κ1) is 31.1. The van der Waals surface area contributed by atoms with E-state index in [9.17, 15) is 14.7 Å². The molecule has 1 amide bonds. The predicted octanol–water partition coefficient (Wildman–Crippen LogP) is 8.57. The van der Waals surface area contributed by atoms with Crippen molar-refractivity contribution in [3.63, 3.8) is 0 Å². The average molecular weight is 614 g/mol. The number of halogens is 1. The molecule has 0 spiro atoms. The van der Waals surface area contributed by atoms with E-state index in [0.717, 1.165) is 24.7 Å². The first-order valence-electron chi connectivity index (χ1n) is 14.6. The maximum Gasteiger partial charge on any atom is 0.410 e. The number of ether oxygens (including phenoxy) is 3. The number of aliphatic hydroxyl groups is 1. The lowest BCUT2D eigenvalue weighted by molar-refractivity contribution is 0.00195. The van der Waals surface area contributed by atoms with E-state index < -0.39 is 17.8 Å². The topological polar surface area (TPSA) is 85.3 Å². The van der Waals surface area contributed by atoms with Gasteiger partial charge in [0.05, 0.1) is 18.2 Å². The van der Waals surface area contributed by atoms with E-state index in [1.165, 1.54) is 5.56 Å². The van der Waals surface area contributed by atoms with E-state index in [1.807, 2.05) is 69.3 Å². The molecule has 0 fully saturated rings. The standard InChI is InChI=1S/C36H36ClNO6/c1-36(2,3)44-35(41)38(22-33(40)25-8-7-9-28(37)18-25)29-14-12-24-13-15-31(20-26(24)19-29)42-32-16-17-34(27(21-32)23-39)43-30-10-5-4-6-11-30/h4-11,13,15-18,20-21,23,29,33,40H,12,14,19,22H2,1-3H3. The van der Waals surface area contributed by atoms with Crippen molar-refractivity contribution in [2.24, 2.45) is 0 Å². The van der Waals surface area contributed by atoms with E-state index in [0.29, 0.717) is 45.6 Å². The highest BCUT2D eigenvalue weighted by Gasteiger charge is 2.33. The van der Waals surface area contributed by atoms with Gasteiger partial charge in [0, 0.05) is 11.1 Å². The zero-order chi connectivity index (χ0) is 31.3. The Hall–Kier alpha value is -4.33. The zero-order valence-corrected chi connectivity index (χ0v) is 25.8. The lowest BCUT2D eigenvalue weighted by atomic mass is 9.87. The summed E-state index contributed by atoms with van der Waals surface area (Å²) in [5, 5.41) is 11.6. The Bertz CT molecular complexity index is 1620. The van der Waals surface area contributed by atoms with Gasteiger partial charge in [-0.2, -0.15) is 0 Å². The fraction of sp³-hybridized carbons (Fsp3) is 0.278. The monoisotopic (exact) mass is 613 g/mol. The summed E-state index contributed by atoms with van der Waals surface area (Å²) in [6.45, 7) is 5.54. The Morgan fingerprint density at radius 1 is 0.932 bits per heavy atom. The molecular weight excluding hydrogens is 578 g/mol. The molecule has 5 rings (SSSR count). The molecule has 44 heavy (non-hydrogen) atoms. The van der Waals surface area contributed by atoms with Crippen molar-refractivity contribution >= 4 is 24.0 Å². The summed E-state index contributed by atoms with van der Waals surface area (Å²) in [6.07, 6.45) is 1.38. The summed E-state index contributed by atoms with van der Waals surface area (Å²) in [6, 6.07) is 27.1. The van der Waals surface area contributed by atoms with Crippen molar-refractivity contribution in [1.29, 1.82) is 0 Å². The number of carbonyl (C=O) groups is 2. The smallest absolute Gasteiger partial charge is 0.410 e. The molecule has 2 atom stereocenters. The van der Waals surface area contributed by atoms with Crippen LogP contribution in [-0.4, -0.2) is 40.6 Å². The quantitative estimate of drug-likeness (QED) is 0.190. The van der Waals surface area contributed by atoms with E-state index in [1.54, 1.807) is 47.4 Å². The summed E-state index contributed by atoms with van der Waals surface area (Å²) < 4.78 is 17.8. The zero-order valence-electron chi connectivity index (χ0n) is 25.0. The Kier molecular flexibility index (Phi) is 9.57. The minimum atomic E-state index is -0.932. The molecule has 1 aliphatic rings. The molecule has 8 heteroatoms. The maximum atomic E-state index is 13.4. The fourth-order valence-corrected chi connectivity index (χ4v) is 5.47. The summed E-state index contributed by atoms with van der Waals surface area (Å²) in [5.74, 6) is 2.18. The Labute approximate surface area is 262 Å². The number of fused-ring (bicyclic) bond motifs is 1. The van der Waals surface area contributed by atoms with Crippen LogP contribution in [0.4, 0.5) is 4.79 Å². The molecule has 0 saturated heterocycles. The predicted molar refractivity (Wildman–Crippen MR) is 170 cm³/mol. The van der Waals surface area contributed by atoms with Gasteiger partial charge in [0.25, 0.3) is 0 Å². The van der Waals surface area contributed by atoms with Crippen molar-refractivity contribution in [2.45, 2.75) is 57.8 Å². The Balaban J connectivity index is 1.34. The number of aldehydes is 1. The van der Waals surface area contributed by atoms with Crippen molar-refractivity contribution in [3.8, 4) is 23.0 Å². The Morgan fingerprint density at radius 3 is 2.41 bits per heavy atom. The van der Waals surface area contributed by atoms with Crippen molar-refractivity contribution < 1.29 is 28.9 Å². The minimum Gasteiger partial charge on any atom is -0.457 e. The number of aliphatic hydroxyl groups excluding tert-OH is 1. The second kappa shape index (κ2) is 13.5. The van der Waals surface area contributed by atoms with Gasteiger partial charge in [-0.3, -0.25) is 4.79 Å². The van der Waals surface area contributed by atoms with E-state index in [4.69, 9.17) is 25.8 Å². The SMILES string of the molecule is CC(C)(C)OC(=O)N(CC(O)c1cccc(Cl)c1)C1CCc2ccc(Oc3ccc(Oc4ccccc4)c(C=O)c3)cc2C1. The third-order valence-electron chi connectivity index (χ3n) is 7.37. The number of carbonyl (C=O) groups excluding carboxylic acids is 2. The summed E-state index contributed by atoms with van der Waals surface area (Å²) >= 11 is 6.16. The molecule has 228 valence electrons. The van der Waals surface area contributed by atoms with Gasteiger partial charge in [0.15, 0.2) is 6.29 Å². The van der Waals surface area contributed by atoms with Crippen molar-refractivity contribution in [3.05, 3.63) is 118 Å². The maximum absolute atomic E-state index is 13.4. The molecular formula is C36H36ClNO6. The summed E-state index contributed by atoms with van der Waals surface area (Å²) in [5.41, 5.74) is 2.53. The third-order valence-corrected chi connectivity index (χ3v) is 7.60. The molecule has 4 aromatic carbocycles. The molecule has 0 bridgehead atoms. The van der Waals surface area contributed by atoms with Crippen LogP contribution in [0, 0.1) is 0 Å². The van der Waals surface area contributed by atoms with Crippen LogP contribution in [0.25, 0.3) is 0 Å². The average Bonchev–Trinajstić information content (AvgIpc) is 2.99. The molecule has 0 aliphatic heterocycles. The van der Waals surface area contributed by atoms with Crippen molar-refractivity contribution in [2.75, 3.05) is 6.54 Å². The van der Waals surface area contributed by atoms with Gasteiger partial charge in [-0.25, -0.2) is 4.79 Å². The largest absolute Gasteiger partial charge is 0.457 e. The summed E-state index contributed by atoms with van der Waals surface area (Å²) in [4.78, 5) is 26.9. The van der Waals surface area contributed by atoms with Crippen LogP contribution in [0.1, 0.15) is 60.3 Å². The molecule has 2 unspecified atom stereocenters. The first-order chi connectivity index (χ1) is 21.1. The van der Waals surface area contributed by atoms with Crippen LogP contribution in [0.15, 0.2) is 91.0 Å². The van der Waals surface area contributed by atoms with Gasteiger partial charge < -0.3 is 24.2 Å². The number of para-hydroxylation sites is 1. The number of nitrogens with zero attached hydrogens (tertiary/aromatic N) is 1.